The fourth-order valence-electron chi connectivity index (χ4n) is 3.32. The molecule has 0 amide bonds. The van der Waals surface area contributed by atoms with Crippen molar-refractivity contribution < 1.29 is 0 Å². The molecule has 0 aliphatic carbocycles. The maximum absolute atomic E-state index is 10.1. The lowest BCUT2D eigenvalue weighted by Crippen LogP contribution is -2.41. The maximum Gasteiger partial charge on any atom is 0.0846 e. The number of hydrogen-bond donors (Lipinski definition) is 0. The van der Waals surface area contributed by atoms with Crippen molar-refractivity contribution in [3.05, 3.63) is 35.9 Å². The highest BCUT2D eigenvalue weighted by Crippen LogP contribution is 2.32. The summed E-state index contributed by atoms with van der Waals surface area (Å²) in [6.07, 6.45) is 1.75. The number of nitriles is 1. The third-order valence-electron chi connectivity index (χ3n) is 5.12. The lowest BCUT2D eigenvalue weighted by atomic mass is 9.75. The van der Waals surface area contributed by atoms with E-state index in [-0.39, 0.29) is 0 Å². The van der Waals surface area contributed by atoms with Crippen LogP contribution in [0.25, 0.3) is 0 Å². The van der Waals surface area contributed by atoms with Crippen LogP contribution in [0.2, 0.25) is 0 Å². The van der Waals surface area contributed by atoms with E-state index in [1.165, 1.54) is 0 Å². The van der Waals surface area contributed by atoms with Crippen molar-refractivity contribution in [3.63, 3.8) is 0 Å². The van der Waals surface area contributed by atoms with Gasteiger partial charge in [-0.2, -0.15) is 5.26 Å². The summed E-state index contributed by atoms with van der Waals surface area (Å²) in [6, 6.07) is 14.0. The molecule has 0 fully saturated rings. The van der Waals surface area contributed by atoms with Gasteiger partial charge in [0.25, 0.3) is 0 Å². The van der Waals surface area contributed by atoms with Crippen molar-refractivity contribution in [2.24, 2.45) is 0 Å². The minimum absolute atomic E-state index is 0.410. The van der Waals surface area contributed by atoms with Gasteiger partial charge in [0, 0.05) is 18.6 Å². The van der Waals surface area contributed by atoms with Gasteiger partial charge in [-0.3, -0.25) is 4.90 Å². The van der Waals surface area contributed by atoms with Crippen LogP contribution in [0.4, 0.5) is 0 Å². The summed E-state index contributed by atoms with van der Waals surface area (Å²) in [6.45, 7) is 14.0. The Hall–Kier alpha value is -1.37. The molecule has 0 spiro atoms. The van der Waals surface area contributed by atoms with Crippen LogP contribution in [0.5, 0.6) is 0 Å². The molecule has 0 saturated heterocycles. The van der Waals surface area contributed by atoms with Gasteiger partial charge in [-0.25, -0.2) is 0 Å². The zero-order chi connectivity index (χ0) is 18.2. The zero-order valence-electron chi connectivity index (χ0n) is 16.4. The molecule has 0 radical (unpaired) electrons. The van der Waals surface area contributed by atoms with E-state index in [2.05, 4.69) is 69.7 Å². The predicted octanol–water partition coefficient (Wildman–Crippen LogP) is 4.30. The van der Waals surface area contributed by atoms with Gasteiger partial charge < -0.3 is 4.90 Å². The molecular formula is C21H35N3. The quantitative estimate of drug-likeness (QED) is 0.641. The van der Waals surface area contributed by atoms with Crippen LogP contribution in [0.3, 0.4) is 0 Å². The number of rotatable bonds is 10. The van der Waals surface area contributed by atoms with Gasteiger partial charge in [0.2, 0.25) is 0 Å². The Labute approximate surface area is 149 Å². The summed E-state index contributed by atoms with van der Waals surface area (Å²) >= 11 is 0. The van der Waals surface area contributed by atoms with Crippen molar-refractivity contribution in [2.45, 2.75) is 65.0 Å². The van der Waals surface area contributed by atoms with Crippen molar-refractivity contribution in [1.82, 2.24) is 9.80 Å². The third-order valence-corrected chi connectivity index (χ3v) is 5.12. The van der Waals surface area contributed by atoms with Crippen LogP contribution in [0.15, 0.2) is 30.3 Å². The molecule has 0 aliphatic heterocycles. The molecule has 1 atom stereocenters. The van der Waals surface area contributed by atoms with Crippen LogP contribution in [-0.2, 0) is 5.41 Å². The zero-order valence-corrected chi connectivity index (χ0v) is 16.4. The van der Waals surface area contributed by atoms with Crippen molar-refractivity contribution in [2.75, 3.05) is 26.7 Å². The minimum Gasteiger partial charge on any atom is -0.307 e. The van der Waals surface area contributed by atoms with Crippen molar-refractivity contribution >= 4 is 0 Å². The van der Waals surface area contributed by atoms with Gasteiger partial charge in [-0.1, -0.05) is 37.3 Å². The van der Waals surface area contributed by atoms with E-state index in [9.17, 15) is 5.26 Å². The molecule has 0 saturated carbocycles. The molecule has 1 unspecified atom stereocenters. The highest BCUT2D eigenvalue weighted by molar-refractivity contribution is 5.32. The largest absolute Gasteiger partial charge is 0.307 e. The van der Waals surface area contributed by atoms with E-state index in [4.69, 9.17) is 0 Å². The lowest BCUT2D eigenvalue weighted by molar-refractivity contribution is 0.159. The Balaban J connectivity index is 3.02. The third kappa shape index (κ3) is 5.61. The summed E-state index contributed by atoms with van der Waals surface area (Å²) in [7, 11) is 2.13. The monoisotopic (exact) mass is 329 g/mol. The summed E-state index contributed by atoms with van der Waals surface area (Å²) in [5, 5.41) is 10.1. The predicted molar refractivity (Wildman–Crippen MR) is 103 cm³/mol. The first-order valence-corrected chi connectivity index (χ1v) is 9.27. The fourth-order valence-corrected chi connectivity index (χ4v) is 3.32. The van der Waals surface area contributed by atoms with Gasteiger partial charge in [-0.15, -0.1) is 0 Å². The molecule has 24 heavy (non-hydrogen) atoms. The molecule has 0 aliphatic rings. The highest BCUT2D eigenvalue weighted by Gasteiger charge is 2.33. The molecular weight excluding hydrogens is 294 g/mol. The number of benzene rings is 1. The van der Waals surface area contributed by atoms with Crippen molar-refractivity contribution in [3.8, 4) is 6.07 Å². The second-order valence-corrected chi connectivity index (χ2v) is 7.38. The first kappa shape index (κ1) is 20.7. The molecule has 3 heteroatoms. The van der Waals surface area contributed by atoms with Gasteiger partial charge in [0.15, 0.2) is 0 Å². The standard InChI is InChI=1S/C21H35N3/c1-7-23(6)15-13-21(17-22,20-11-9-8-10-12-20)14-16-24(18(2)3)19(4)5/h8-12,18-19H,7,13-16H2,1-6H3. The Morgan fingerprint density at radius 3 is 2.00 bits per heavy atom. The summed E-state index contributed by atoms with van der Waals surface area (Å²) in [4.78, 5) is 4.77. The second-order valence-electron chi connectivity index (χ2n) is 7.38. The number of nitrogens with zero attached hydrogens (tertiary/aromatic N) is 3. The molecule has 1 aromatic carbocycles. The topological polar surface area (TPSA) is 30.3 Å². The fraction of sp³-hybridized carbons (Fsp3) is 0.667. The molecule has 0 bridgehead atoms. The van der Waals surface area contributed by atoms with E-state index in [0.717, 1.165) is 38.0 Å². The first-order valence-electron chi connectivity index (χ1n) is 9.27. The first-order chi connectivity index (χ1) is 11.4. The Kier molecular flexibility index (Phi) is 8.45. The number of hydrogen-bond acceptors (Lipinski definition) is 3. The molecule has 1 aromatic rings. The molecule has 0 heterocycles. The van der Waals surface area contributed by atoms with Crippen LogP contribution in [-0.4, -0.2) is 48.6 Å². The van der Waals surface area contributed by atoms with Crippen LogP contribution >= 0.6 is 0 Å². The molecule has 3 nitrogen and oxygen atoms in total. The summed E-state index contributed by atoms with van der Waals surface area (Å²) in [5.74, 6) is 0. The Morgan fingerprint density at radius 2 is 1.54 bits per heavy atom. The SMILES string of the molecule is CCN(C)CCC(C#N)(CCN(C(C)C)C(C)C)c1ccccc1. The molecule has 134 valence electrons. The van der Waals surface area contributed by atoms with Crippen molar-refractivity contribution in [1.29, 1.82) is 5.26 Å². The lowest BCUT2D eigenvalue weighted by Gasteiger charge is -2.35. The van der Waals surface area contributed by atoms with Gasteiger partial charge >= 0.3 is 0 Å². The average molecular weight is 330 g/mol. The average Bonchev–Trinajstić information content (AvgIpc) is 2.57. The van der Waals surface area contributed by atoms with Gasteiger partial charge in [0.1, 0.15) is 0 Å². The summed E-state index contributed by atoms with van der Waals surface area (Å²) in [5.41, 5.74) is 0.747. The minimum atomic E-state index is -0.410. The van der Waals surface area contributed by atoms with Crippen LogP contribution in [0, 0.1) is 11.3 Å². The van der Waals surface area contributed by atoms with Gasteiger partial charge in [0.05, 0.1) is 11.5 Å². The second kappa shape index (κ2) is 9.81. The molecule has 0 aromatic heterocycles. The Morgan fingerprint density at radius 1 is 1.00 bits per heavy atom. The van der Waals surface area contributed by atoms with Crippen LogP contribution in [0.1, 0.15) is 53.0 Å². The van der Waals surface area contributed by atoms with E-state index < -0.39 is 5.41 Å². The van der Waals surface area contributed by atoms with E-state index in [1.54, 1.807) is 0 Å². The maximum atomic E-state index is 10.1. The van der Waals surface area contributed by atoms with E-state index in [1.807, 2.05) is 18.2 Å². The highest BCUT2D eigenvalue weighted by atomic mass is 15.2. The molecule has 1 rings (SSSR count). The Bertz CT molecular complexity index is 496. The van der Waals surface area contributed by atoms with E-state index >= 15 is 0 Å². The van der Waals surface area contributed by atoms with Crippen LogP contribution < -0.4 is 0 Å². The summed E-state index contributed by atoms with van der Waals surface area (Å²) < 4.78 is 0. The normalized spacial score (nSPS) is 14.4. The van der Waals surface area contributed by atoms with E-state index in [0.29, 0.717) is 12.1 Å². The van der Waals surface area contributed by atoms with Gasteiger partial charge in [-0.05, 0) is 66.2 Å². The smallest absolute Gasteiger partial charge is 0.0846 e. The molecule has 0 N–H and O–H groups in total.